The van der Waals surface area contributed by atoms with E-state index in [4.69, 9.17) is 0 Å². The topological polar surface area (TPSA) is 66.0 Å². The molecule has 2 aromatic heterocycles. The van der Waals surface area contributed by atoms with Crippen molar-refractivity contribution in [3.05, 3.63) is 66.1 Å². The molecule has 0 saturated carbocycles. The van der Waals surface area contributed by atoms with E-state index in [1.807, 2.05) is 24.3 Å². The van der Waals surface area contributed by atoms with E-state index in [2.05, 4.69) is 69.5 Å². The van der Waals surface area contributed by atoms with Crippen LogP contribution in [0.1, 0.15) is 25.1 Å². The van der Waals surface area contributed by atoms with Crippen molar-refractivity contribution in [3.63, 3.8) is 0 Å². The summed E-state index contributed by atoms with van der Waals surface area (Å²) in [5.74, 6) is 1.33. The van der Waals surface area contributed by atoms with Crippen molar-refractivity contribution in [2.24, 2.45) is 0 Å². The van der Waals surface area contributed by atoms with Gasteiger partial charge >= 0.3 is 0 Å². The first-order valence-corrected chi connectivity index (χ1v) is 9.29. The van der Waals surface area contributed by atoms with Crippen LogP contribution in [-0.2, 0) is 6.54 Å². The Morgan fingerprint density at radius 3 is 2.52 bits per heavy atom. The molecule has 6 nitrogen and oxygen atoms in total. The van der Waals surface area contributed by atoms with Crippen molar-refractivity contribution in [2.45, 2.75) is 27.3 Å². The normalized spacial score (nSPS) is 10.5. The fraction of sp³-hybridized carbons (Fsp3) is 0.286. The molecular formula is C21H26N6. The lowest BCUT2D eigenvalue weighted by atomic mass is 10.1. The molecule has 0 aliphatic rings. The molecule has 0 bridgehead atoms. The molecule has 6 heteroatoms. The zero-order valence-electron chi connectivity index (χ0n) is 16.1. The molecule has 3 rings (SSSR count). The molecule has 0 radical (unpaired) electrons. The predicted octanol–water partition coefficient (Wildman–Crippen LogP) is 4.38. The third-order valence-corrected chi connectivity index (χ3v) is 4.42. The SMILES string of the molecule is CCN(CC)c1ccc(Nc2nccc(NCc3ccccn3)n2)c(C)c1. The van der Waals surface area contributed by atoms with Crippen LogP contribution < -0.4 is 15.5 Å². The van der Waals surface area contributed by atoms with E-state index in [0.717, 1.165) is 35.9 Å². The van der Waals surface area contributed by atoms with Gasteiger partial charge in [-0.3, -0.25) is 4.98 Å². The minimum Gasteiger partial charge on any atom is -0.372 e. The molecule has 0 atom stereocenters. The molecule has 2 N–H and O–H groups in total. The average molecular weight is 362 g/mol. The van der Waals surface area contributed by atoms with Crippen LogP contribution in [0.15, 0.2) is 54.9 Å². The molecule has 0 aliphatic carbocycles. The Morgan fingerprint density at radius 1 is 0.963 bits per heavy atom. The Balaban J connectivity index is 1.69. The first-order chi connectivity index (χ1) is 13.2. The van der Waals surface area contributed by atoms with Crippen molar-refractivity contribution < 1.29 is 0 Å². The number of nitrogens with zero attached hydrogens (tertiary/aromatic N) is 4. The zero-order chi connectivity index (χ0) is 19.1. The van der Waals surface area contributed by atoms with Gasteiger partial charge in [-0.15, -0.1) is 0 Å². The second-order valence-electron chi connectivity index (χ2n) is 6.24. The average Bonchev–Trinajstić information content (AvgIpc) is 2.70. The number of hydrogen-bond donors (Lipinski definition) is 2. The van der Waals surface area contributed by atoms with Gasteiger partial charge in [0.25, 0.3) is 0 Å². The number of rotatable bonds is 8. The van der Waals surface area contributed by atoms with Gasteiger partial charge in [0, 0.05) is 36.9 Å². The molecule has 27 heavy (non-hydrogen) atoms. The van der Waals surface area contributed by atoms with Crippen molar-refractivity contribution in [1.82, 2.24) is 15.0 Å². The number of hydrogen-bond acceptors (Lipinski definition) is 6. The Morgan fingerprint density at radius 2 is 1.81 bits per heavy atom. The van der Waals surface area contributed by atoms with E-state index in [1.165, 1.54) is 5.69 Å². The molecule has 3 aromatic rings. The number of aromatic nitrogens is 3. The maximum absolute atomic E-state index is 4.54. The summed E-state index contributed by atoms with van der Waals surface area (Å²) < 4.78 is 0. The van der Waals surface area contributed by atoms with E-state index in [9.17, 15) is 0 Å². The van der Waals surface area contributed by atoms with E-state index in [-0.39, 0.29) is 0 Å². The van der Waals surface area contributed by atoms with Crippen LogP contribution in [0.2, 0.25) is 0 Å². The number of nitrogens with one attached hydrogen (secondary N) is 2. The minimum absolute atomic E-state index is 0.569. The highest BCUT2D eigenvalue weighted by Gasteiger charge is 2.07. The van der Waals surface area contributed by atoms with Gasteiger partial charge in [0.1, 0.15) is 5.82 Å². The van der Waals surface area contributed by atoms with Gasteiger partial charge in [0.05, 0.1) is 12.2 Å². The fourth-order valence-electron chi connectivity index (χ4n) is 2.90. The summed E-state index contributed by atoms with van der Waals surface area (Å²) >= 11 is 0. The largest absolute Gasteiger partial charge is 0.372 e. The number of aryl methyl sites for hydroxylation is 1. The standard InChI is InChI=1S/C21H26N6/c1-4-27(5-2)18-9-10-19(16(3)14-18)25-21-23-13-11-20(26-21)24-15-17-8-6-7-12-22-17/h6-14H,4-5,15H2,1-3H3,(H2,23,24,25,26). The van der Waals surface area contributed by atoms with E-state index >= 15 is 0 Å². The summed E-state index contributed by atoms with van der Waals surface area (Å²) in [6.45, 7) is 9.05. The minimum atomic E-state index is 0.569. The third kappa shape index (κ3) is 4.94. The first kappa shape index (κ1) is 18.6. The van der Waals surface area contributed by atoms with Gasteiger partial charge in [0.15, 0.2) is 0 Å². The molecule has 140 valence electrons. The highest BCUT2D eigenvalue weighted by Crippen LogP contribution is 2.24. The van der Waals surface area contributed by atoms with Crippen LogP contribution in [0, 0.1) is 6.92 Å². The van der Waals surface area contributed by atoms with Gasteiger partial charge in [-0.25, -0.2) is 4.98 Å². The summed E-state index contributed by atoms with van der Waals surface area (Å²) in [4.78, 5) is 15.5. The quantitative estimate of drug-likeness (QED) is 0.620. The lowest BCUT2D eigenvalue weighted by Gasteiger charge is -2.22. The highest BCUT2D eigenvalue weighted by molar-refractivity contribution is 5.64. The Labute approximate surface area is 160 Å². The monoisotopic (exact) mass is 362 g/mol. The molecule has 0 spiro atoms. The van der Waals surface area contributed by atoms with Crippen LogP contribution in [-0.4, -0.2) is 28.0 Å². The first-order valence-electron chi connectivity index (χ1n) is 9.29. The fourth-order valence-corrected chi connectivity index (χ4v) is 2.90. The predicted molar refractivity (Wildman–Crippen MR) is 112 cm³/mol. The van der Waals surface area contributed by atoms with Crippen molar-refractivity contribution in [2.75, 3.05) is 28.6 Å². The number of pyridine rings is 1. The molecular weight excluding hydrogens is 336 g/mol. The summed E-state index contributed by atoms with van der Waals surface area (Å²) in [6.07, 6.45) is 3.53. The summed E-state index contributed by atoms with van der Waals surface area (Å²) in [6, 6.07) is 14.1. The maximum atomic E-state index is 4.54. The molecule has 0 amide bonds. The van der Waals surface area contributed by atoms with Gasteiger partial charge in [-0.2, -0.15) is 4.98 Å². The van der Waals surface area contributed by atoms with Crippen LogP contribution in [0.25, 0.3) is 0 Å². The summed E-state index contributed by atoms with van der Waals surface area (Å²) in [5, 5.41) is 6.60. The van der Waals surface area contributed by atoms with Gasteiger partial charge in [0.2, 0.25) is 5.95 Å². The lowest BCUT2D eigenvalue weighted by molar-refractivity contribution is 0.866. The molecule has 0 unspecified atom stereocenters. The Hall–Kier alpha value is -3.15. The molecule has 0 aliphatic heterocycles. The summed E-state index contributed by atoms with van der Waals surface area (Å²) in [7, 11) is 0. The highest BCUT2D eigenvalue weighted by atomic mass is 15.1. The summed E-state index contributed by atoms with van der Waals surface area (Å²) in [5.41, 5.74) is 4.37. The van der Waals surface area contributed by atoms with Crippen LogP contribution in [0.5, 0.6) is 0 Å². The zero-order valence-corrected chi connectivity index (χ0v) is 16.1. The Bertz CT molecular complexity index is 862. The van der Waals surface area contributed by atoms with Crippen LogP contribution in [0.4, 0.5) is 23.1 Å². The van der Waals surface area contributed by atoms with Crippen molar-refractivity contribution in [3.8, 4) is 0 Å². The molecule has 0 saturated heterocycles. The van der Waals surface area contributed by atoms with Crippen molar-refractivity contribution >= 4 is 23.1 Å². The van der Waals surface area contributed by atoms with E-state index < -0.39 is 0 Å². The smallest absolute Gasteiger partial charge is 0.229 e. The lowest BCUT2D eigenvalue weighted by Crippen LogP contribution is -2.21. The number of benzene rings is 1. The Kier molecular flexibility index (Phi) is 6.20. The van der Waals surface area contributed by atoms with E-state index in [1.54, 1.807) is 12.4 Å². The number of anilines is 4. The molecule has 0 fully saturated rings. The second-order valence-corrected chi connectivity index (χ2v) is 6.24. The van der Waals surface area contributed by atoms with Gasteiger partial charge < -0.3 is 15.5 Å². The molecule has 1 aromatic carbocycles. The second kappa shape index (κ2) is 8.98. The van der Waals surface area contributed by atoms with Gasteiger partial charge in [-0.05, 0) is 62.7 Å². The van der Waals surface area contributed by atoms with Crippen LogP contribution >= 0.6 is 0 Å². The van der Waals surface area contributed by atoms with E-state index in [0.29, 0.717) is 12.5 Å². The van der Waals surface area contributed by atoms with Crippen LogP contribution in [0.3, 0.4) is 0 Å². The maximum Gasteiger partial charge on any atom is 0.229 e. The third-order valence-electron chi connectivity index (χ3n) is 4.42. The van der Waals surface area contributed by atoms with Crippen molar-refractivity contribution in [1.29, 1.82) is 0 Å². The molecule has 2 heterocycles. The van der Waals surface area contributed by atoms with Gasteiger partial charge in [-0.1, -0.05) is 6.07 Å².